The number of carbonyl (C=O) groups excluding carboxylic acids is 2. The van der Waals surface area contributed by atoms with Crippen LogP contribution in [0.3, 0.4) is 0 Å². The molecule has 2 amide bonds. The number of aryl methyl sites for hydroxylation is 1. The van der Waals surface area contributed by atoms with Crippen LogP contribution in [0.1, 0.15) is 36.9 Å². The Kier molecular flexibility index (Phi) is 5.84. The molecule has 2 unspecified atom stereocenters. The third kappa shape index (κ3) is 4.42. The van der Waals surface area contributed by atoms with Gasteiger partial charge in [-0.15, -0.1) is 0 Å². The third-order valence-corrected chi connectivity index (χ3v) is 5.14. The Bertz CT molecular complexity index is 901. The lowest BCUT2D eigenvalue weighted by molar-refractivity contribution is -0.146. The zero-order chi connectivity index (χ0) is 20.4. The first-order valence-corrected chi connectivity index (χ1v) is 9.42. The van der Waals surface area contributed by atoms with Crippen LogP contribution < -0.4 is 11.1 Å². The molecule has 1 saturated heterocycles. The zero-order valence-electron chi connectivity index (χ0n) is 15.7. The molecule has 148 valence electrons. The fourth-order valence-corrected chi connectivity index (χ4v) is 3.69. The number of hydrogen-bond acceptors (Lipinski definition) is 4. The lowest BCUT2D eigenvalue weighted by atomic mass is 9.89. The monoisotopic (exact) mass is 404 g/mol. The maximum absolute atomic E-state index is 13.8. The summed E-state index contributed by atoms with van der Waals surface area (Å²) in [5.41, 5.74) is 7.35. The fraction of sp³-hybridized carbons (Fsp3) is 0.350. The van der Waals surface area contributed by atoms with Crippen LogP contribution in [0.25, 0.3) is 0 Å². The smallest absolute Gasteiger partial charge is 0.313 e. The van der Waals surface area contributed by atoms with Gasteiger partial charge in [-0.25, -0.2) is 9.37 Å². The van der Waals surface area contributed by atoms with Crippen LogP contribution >= 0.6 is 11.6 Å². The molecule has 28 heavy (non-hydrogen) atoms. The number of piperidine rings is 1. The summed E-state index contributed by atoms with van der Waals surface area (Å²) >= 11 is 5.98. The van der Waals surface area contributed by atoms with Crippen molar-refractivity contribution in [3.05, 3.63) is 52.4 Å². The van der Waals surface area contributed by atoms with Gasteiger partial charge in [-0.1, -0.05) is 18.5 Å². The molecular weight excluding hydrogens is 383 g/mol. The molecule has 0 bridgehead atoms. The van der Waals surface area contributed by atoms with Gasteiger partial charge in [-0.3, -0.25) is 9.59 Å². The van der Waals surface area contributed by atoms with Crippen molar-refractivity contribution in [1.82, 2.24) is 9.88 Å². The summed E-state index contributed by atoms with van der Waals surface area (Å²) in [7, 11) is 0. The Morgan fingerprint density at radius 2 is 2.04 bits per heavy atom. The van der Waals surface area contributed by atoms with E-state index in [4.69, 9.17) is 17.3 Å². The number of anilines is 2. The largest absolute Gasteiger partial charge is 0.383 e. The van der Waals surface area contributed by atoms with Gasteiger partial charge in [0.25, 0.3) is 0 Å². The third-order valence-electron chi connectivity index (χ3n) is 4.92. The van der Waals surface area contributed by atoms with Gasteiger partial charge in [-0.05, 0) is 61.1 Å². The van der Waals surface area contributed by atoms with E-state index in [0.717, 1.165) is 6.42 Å². The molecule has 2 aromatic rings. The second kappa shape index (κ2) is 8.14. The van der Waals surface area contributed by atoms with Gasteiger partial charge in [0.05, 0.1) is 17.9 Å². The van der Waals surface area contributed by atoms with Crippen LogP contribution in [0.4, 0.5) is 15.9 Å². The number of rotatable bonds is 2. The number of carbonyl (C=O) groups is 2. The number of aromatic nitrogens is 1. The molecule has 2 atom stereocenters. The minimum absolute atomic E-state index is 0.234. The Balaban J connectivity index is 1.83. The highest BCUT2D eigenvalue weighted by Gasteiger charge is 2.34. The van der Waals surface area contributed by atoms with Crippen LogP contribution in [0, 0.1) is 18.7 Å². The van der Waals surface area contributed by atoms with Crippen molar-refractivity contribution in [2.24, 2.45) is 5.92 Å². The Labute approximate surface area is 167 Å². The summed E-state index contributed by atoms with van der Waals surface area (Å²) in [6, 6.07) is 5.45. The molecule has 1 fully saturated rings. The molecule has 0 radical (unpaired) electrons. The molecule has 1 aromatic carbocycles. The van der Waals surface area contributed by atoms with Gasteiger partial charge >= 0.3 is 11.8 Å². The van der Waals surface area contributed by atoms with E-state index in [1.165, 1.54) is 23.2 Å². The molecule has 8 heteroatoms. The molecule has 1 aromatic heterocycles. The van der Waals surface area contributed by atoms with Gasteiger partial charge in [0.1, 0.15) is 11.6 Å². The van der Waals surface area contributed by atoms with Crippen LogP contribution in [-0.2, 0) is 9.59 Å². The van der Waals surface area contributed by atoms with E-state index in [1.807, 2.05) is 6.92 Å². The van der Waals surface area contributed by atoms with Crippen molar-refractivity contribution < 1.29 is 14.0 Å². The van der Waals surface area contributed by atoms with Gasteiger partial charge in [0.2, 0.25) is 0 Å². The number of nitrogens with zero attached hydrogens (tertiary/aromatic N) is 2. The van der Waals surface area contributed by atoms with E-state index in [-0.39, 0.29) is 10.9 Å². The minimum Gasteiger partial charge on any atom is -0.383 e. The highest BCUT2D eigenvalue weighted by Crippen LogP contribution is 2.35. The Morgan fingerprint density at radius 3 is 2.71 bits per heavy atom. The van der Waals surface area contributed by atoms with E-state index in [1.54, 1.807) is 19.1 Å². The number of nitrogen functional groups attached to an aromatic ring is 1. The van der Waals surface area contributed by atoms with Crippen LogP contribution in [0.5, 0.6) is 0 Å². The van der Waals surface area contributed by atoms with Crippen molar-refractivity contribution in [1.29, 1.82) is 0 Å². The molecule has 0 aliphatic carbocycles. The second-order valence-corrected chi connectivity index (χ2v) is 7.68. The number of halogens is 2. The number of benzene rings is 1. The standard InChI is InChI=1S/C20H22ClFN4O2/c1-11-3-4-17(13-6-14(21)8-15(22)7-13)26(10-11)20(28)19(27)25-16-5-12(2)18(23)24-9-16/h5-9,11,17H,3-4,10H2,1-2H3,(H2,23,24)(H,25,27). The number of pyridine rings is 1. The first-order chi connectivity index (χ1) is 13.2. The van der Waals surface area contributed by atoms with E-state index >= 15 is 0 Å². The number of nitrogens with two attached hydrogens (primary N) is 1. The number of amides is 2. The Morgan fingerprint density at radius 1 is 1.29 bits per heavy atom. The highest BCUT2D eigenvalue weighted by molar-refractivity contribution is 6.39. The fourth-order valence-electron chi connectivity index (χ4n) is 3.46. The van der Waals surface area contributed by atoms with E-state index in [0.29, 0.717) is 35.6 Å². The van der Waals surface area contributed by atoms with Crippen molar-refractivity contribution in [2.75, 3.05) is 17.6 Å². The maximum atomic E-state index is 13.8. The van der Waals surface area contributed by atoms with Crippen LogP contribution in [-0.4, -0.2) is 28.2 Å². The molecule has 2 heterocycles. The number of nitrogens with one attached hydrogen (secondary N) is 1. The van der Waals surface area contributed by atoms with Crippen molar-refractivity contribution in [2.45, 2.75) is 32.7 Å². The van der Waals surface area contributed by atoms with Crippen LogP contribution in [0.15, 0.2) is 30.5 Å². The molecule has 0 spiro atoms. The predicted octanol–water partition coefficient (Wildman–Crippen LogP) is 3.70. The average Bonchev–Trinajstić information content (AvgIpc) is 2.63. The summed E-state index contributed by atoms with van der Waals surface area (Å²) in [4.78, 5) is 30.9. The zero-order valence-corrected chi connectivity index (χ0v) is 16.5. The summed E-state index contributed by atoms with van der Waals surface area (Å²) in [5, 5.41) is 2.83. The average molecular weight is 405 g/mol. The summed E-state index contributed by atoms with van der Waals surface area (Å²) in [5.74, 6) is -1.32. The SMILES string of the molecule is Cc1cc(NC(=O)C(=O)N2CC(C)CCC2c2cc(F)cc(Cl)c2)cnc1N. The molecule has 1 aliphatic heterocycles. The molecule has 3 N–H and O–H groups in total. The molecule has 6 nitrogen and oxygen atoms in total. The first kappa shape index (κ1) is 20.1. The minimum atomic E-state index is -0.771. The highest BCUT2D eigenvalue weighted by atomic mass is 35.5. The van der Waals surface area contributed by atoms with Gasteiger partial charge in [0, 0.05) is 11.6 Å². The summed E-state index contributed by atoms with van der Waals surface area (Å²) in [6.07, 6.45) is 2.89. The van der Waals surface area contributed by atoms with Crippen LogP contribution in [0.2, 0.25) is 5.02 Å². The molecule has 3 rings (SSSR count). The van der Waals surface area contributed by atoms with Crippen molar-refractivity contribution in [3.63, 3.8) is 0 Å². The van der Waals surface area contributed by atoms with Gasteiger partial charge < -0.3 is 16.0 Å². The lowest BCUT2D eigenvalue weighted by Crippen LogP contribution is -2.46. The van der Waals surface area contributed by atoms with Gasteiger partial charge in [0.15, 0.2) is 0 Å². The quantitative estimate of drug-likeness (QED) is 0.747. The Hall–Kier alpha value is -2.67. The molecular formula is C20H22ClFN4O2. The predicted molar refractivity (Wildman–Crippen MR) is 106 cm³/mol. The lowest BCUT2D eigenvalue weighted by Gasteiger charge is -2.38. The first-order valence-electron chi connectivity index (χ1n) is 9.04. The topological polar surface area (TPSA) is 88.3 Å². The van der Waals surface area contributed by atoms with Gasteiger partial charge in [-0.2, -0.15) is 0 Å². The maximum Gasteiger partial charge on any atom is 0.313 e. The van der Waals surface area contributed by atoms with Crippen molar-refractivity contribution >= 4 is 34.9 Å². The van der Waals surface area contributed by atoms with E-state index < -0.39 is 23.7 Å². The normalized spacial score (nSPS) is 19.4. The van der Waals surface area contributed by atoms with E-state index in [2.05, 4.69) is 10.3 Å². The molecule has 1 aliphatic rings. The summed E-state index contributed by atoms with van der Waals surface area (Å²) < 4.78 is 13.8. The molecule has 0 saturated carbocycles. The second-order valence-electron chi connectivity index (χ2n) is 7.24. The van der Waals surface area contributed by atoms with E-state index in [9.17, 15) is 14.0 Å². The summed E-state index contributed by atoms with van der Waals surface area (Å²) in [6.45, 7) is 4.18. The number of likely N-dealkylation sites (tertiary alicyclic amines) is 1. The van der Waals surface area contributed by atoms with Crippen molar-refractivity contribution in [3.8, 4) is 0 Å². The number of hydrogen-bond donors (Lipinski definition) is 2.